The average molecular weight is 279 g/mol. The van der Waals surface area contributed by atoms with Crippen molar-refractivity contribution in [3.63, 3.8) is 0 Å². The lowest BCUT2D eigenvalue weighted by Gasteiger charge is -2.70. The first-order valence-corrected chi connectivity index (χ1v) is 7.31. The number of nitrogens with one attached hydrogen (secondary N) is 1. The van der Waals surface area contributed by atoms with Crippen molar-refractivity contribution in [2.24, 2.45) is 0 Å². The number of para-hydroxylation sites is 1. The maximum Gasteiger partial charge on any atom is 0.413 e. The van der Waals surface area contributed by atoms with Crippen molar-refractivity contribution in [2.75, 3.05) is 0 Å². The summed E-state index contributed by atoms with van der Waals surface area (Å²) >= 11 is 0. The van der Waals surface area contributed by atoms with Crippen LogP contribution in [-0.2, 0) is 5.41 Å². The molecule has 21 heavy (non-hydrogen) atoms. The molecule has 0 unspecified atom stereocenters. The Hall–Kier alpha value is -2.29. The van der Waals surface area contributed by atoms with Crippen LogP contribution in [0.4, 0.5) is 4.79 Å². The van der Waals surface area contributed by atoms with Gasteiger partial charge >= 0.3 is 6.09 Å². The molecule has 5 rings (SSSR count). The van der Waals surface area contributed by atoms with E-state index >= 15 is 0 Å². The third-order valence-electron chi connectivity index (χ3n) is 4.74. The van der Waals surface area contributed by atoms with Gasteiger partial charge in [-0.25, -0.2) is 4.79 Å². The summed E-state index contributed by atoms with van der Waals surface area (Å²) in [5, 5.41) is 3.04. The molecular weight excluding hydrogens is 262 g/mol. The van der Waals surface area contributed by atoms with Crippen LogP contribution in [0.1, 0.15) is 24.8 Å². The Labute approximate surface area is 123 Å². The third-order valence-corrected chi connectivity index (χ3v) is 4.74. The molecule has 0 spiro atoms. The zero-order chi connectivity index (χ0) is 14.3. The van der Waals surface area contributed by atoms with Gasteiger partial charge in [0.15, 0.2) is 0 Å². The van der Waals surface area contributed by atoms with Crippen molar-refractivity contribution in [3.8, 4) is 5.75 Å². The molecule has 3 aliphatic rings. The van der Waals surface area contributed by atoms with Crippen LogP contribution < -0.4 is 10.1 Å². The molecule has 0 aromatic heterocycles. The number of hydrogen-bond acceptors (Lipinski definition) is 2. The molecule has 2 aromatic carbocycles. The number of carbonyl (C=O) groups excluding carboxylic acids is 1. The van der Waals surface area contributed by atoms with Gasteiger partial charge in [-0.1, -0.05) is 48.5 Å². The summed E-state index contributed by atoms with van der Waals surface area (Å²) in [6.45, 7) is 0. The molecule has 1 amide bonds. The highest BCUT2D eigenvalue weighted by Crippen LogP contribution is 2.67. The van der Waals surface area contributed by atoms with E-state index in [1.54, 1.807) is 12.1 Å². The van der Waals surface area contributed by atoms with Gasteiger partial charge in [0.25, 0.3) is 0 Å². The molecule has 0 atom stereocenters. The van der Waals surface area contributed by atoms with Gasteiger partial charge in [0.1, 0.15) is 5.75 Å². The maximum absolute atomic E-state index is 12.0. The van der Waals surface area contributed by atoms with E-state index in [9.17, 15) is 4.79 Å². The highest BCUT2D eigenvalue weighted by Gasteiger charge is 2.69. The average Bonchev–Trinajstić information content (AvgIpc) is 2.43. The summed E-state index contributed by atoms with van der Waals surface area (Å²) in [5.41, 5.74) is 1.65. The molecule has 0 radical (unpaired) electrons. The van der Waals surface area contributed by atoms with Gasteiger partial charge in [-0.15, -0.1) is 0 Å². The molecule has 2 aromatic rings. The van der Waals surface area contributed by atoms with E-state index in [1.165, 1.54) is 5.56 Å². The van der Waals surface area contributed by atoms with Gasteiger partial charge in [-0.3, -0.25) is 0 Å². The Balaban J connectivity index is 1.36. The summed E-state index contributed by atoms with van der Waals surface area (Å²) in [4.78, 5) is 12.0. The highest BCUT2D eigenvalue weighted by molar-refractivity contribution is 5.72. The standard InChI is InChI=1S/C18H17NO2/c20-16(21-15-9-5-2-6-10-15)19-18-11-17(12-18,13-18)14-7-3-1-4-8-14/h1-10H,11-13H2,(H,19,20). The molecule has 3 heteroatoms. The van der Waals surface area contributed by atoms with Crippen LogP contribution in [0.2, 0.25) is 0 Å². The van der Waals surface area contributed by atoms with Crippen LogP contribution in [0.25, 0.3) is 0 Å². The molecule has 3 nitrogen and oxygen atoms in total. The fourth-order valence-electron chi connectivity index (χ4n) is 3.86. The summed E-state index contributed by atoms with van der Waals surface area (Å²) in [6.07, 6.45) is 2.72. The summed E-state index contributed by atoms with van der Waals surface area (Å²) in [7, 11) is 0. The Morgan fingerprint density at radius 3 is 2.10 bits per heavy atom. The third kappa shape index (κ3) is 2.00. The second kappa shape index (κ2) is 4.35. The number of amides is 1. The number of rotatable bonds is 3. The number of hydrogen-bond donors (Lipinski definition) is 1. The minimum Gasteiger partial charge on any atom is -0.410 e. The lowest BCUT2D eigenvalue weighted by Crippen LogP contribution is -2.76. The molecule has 1 N–H and O–H groups in total. The number of carbonyl (C=O) groups is 1. The van der Waals surface area contributed by atoms with Gasteiger partial charge in [0, 0.05) is 11.0 Å². The highest BCUT2D eigenvalue weighted by atomic mass is 16.6. The van der Waals surface area contributed by atoms with Crippen LogP contribution in [0.15, 0.2) is 60.7 Å². The zero-order valence-corrected chi connectivity index (χ0v) is 11.7. The molecule has 3 saturated carbocycles. The number of benzene rings is 2. The van der Waals surface area contributed by atoms with Crippen LogP contribution in [0, 0.1) is 0 Å². The quantitative estimate of drug-likeness (QED) is 0.931. The first kappa shape index (κ1) is 12.5. The maximum atomic E-state index is 12.0. The van der Waals surface area contributed by atoms with Gasteiger partial charge in [-0.05, 0) is 37.0 Å². The van der Waals surface area contributed by atoms with Crippen LogP contribution in [0.3, 0.4) is 0 Å². The molecule has 3 aliphatic carbocycles. The van der Waals surface area contributed by atoms with E-state index in [4.69, 9.17) is 4.74 Å². The Kier molecular flexibility index (Phi) is 2.58. The van der Waals surface area contributed by atoms with E-state index in [-0.39, 0.29) is 11.6 Å². The molecule has 106 valence electrons. The van der Waals surface area contributed by atoms with Gasteiger partial charge in [0.05, 0.1) is 0 Å². The van der Waals surface area contributed by atoms with Crippen molar-refractivity contribution in [3.05, 3.63) is 66.2 Å². The largest absolute Gasteiger partial charge is 0.413 e. The van der Waals surface area contributed by atoms with Crippen molar-refractivity contribution in [1.82, 2.24) is 5.32 Å². The SMILES string of the molecule is O=C(NC12CC(c3ccccc3)(C1)C2)Oc1ccccc1. The van der Waals surface area contributed by atoms with E-state index in [0.29, 0.717) is 11.2 Å². The summed E-state index contributed by atoms with van der Waals surface area (Å²) in [6, 6.07) is 19.8. The van der Waals surface area contributed by atoms with Crippen molar-refractivity contribution in [2.45, 2.75) is 30.2 Å². The lowest BCUT2D eigenvalue weighted by atomic mass is 9.37. The first-order valence-electron chi connectivity index (χ1n) is 7.31. The normalized spacial score (nSPS) is 29.0. The van der Waals surface area contributed by atoms with Gasteiger partial charge in [0.2, 0.25) is 0 Å². The van der Waals surface area contributed by atoms with Crippen molar-refractivity contribution < 1.29 is 9.53 Å². The fourth-order valence-corrected chi connectivity index (χ4v) is 3.86. The van der Waals surface area contributed by atoms with Crippen LogP contribution in [0.5, 0.6) is 5.75 Å². The molecule has 3 fully saturated rings. The van der Waals surface area contributed by atoms with E-state index in [1.807, 2.05) is 24.3 Å². The van der Waals surface area contributed by atoms with Crippen LogP contribution in [-0.4, -0.2) is 11.6 Å². The van der Waals surface area contributed by atoms with E-state index in [0.717, 1.165) is 19.3 Å². The molecule has 0 heterocycles. The smallest absolute Gasteiger partial charge is 0.410 e. The monoisotopic (exact) mass is 279 g/mol. The minimum absolute atomic E-state index is 0.0400. The summed E-state index contributed by atoms with van der Waals surface area (Å²) < 4.78 is 5.30. The molecule has 0 saturated heterocycles. The van der Waals surface area contributed by atoms with E-state index in [2.05, 4.69) is 29.6 Å². The minimum atomic E-state index is -0.345. The Morgan fingerprint density at radius 1 is 0.905 bits per heavy atom. The Bertz CT molecular complexity index is 646. The predicted molar refractivity (Wildman–Crippen MR) is 80.3 cm³/mol. The van der Waals surface area contributed by atoms with Crippen molar-refractivity contribution >= 4 is 6.09 Å². The van der Waals surface area contributed by atoms with Crippen LogP contribution >= 0.6 is 0 Å². The summed E-state index contributed by atoms with van der Waals surface area (Å²) in [5.74, 6) is 0.583. The predicted octanol–water partition coefficient (Wildman–Crippen LogP) is 3.65. The lowest BCUT2D eigenvalue weighted by molar-refractivity contribution is -0.0815. The zero-order valence-electron chi connectivity index (χ0n) is 11.7. The molecular formula is C18H17NO2. The second-order valence-corrected chi connectivity index (χ2v) is 6.28. The molecule has 0 aliphatic heterocycles. The Morgan fingerprint density at radius 2 is 1.48 bits per heavy atom. The van der Waals surface area contributed by atoms with E-state index < -0.39 is 0 Å². The van der Waals surface area contributed by atoms with Gasteiger partial charge < -0.3 is 10.1 Å². The fraction of sp³-hybridized carbons (Fsp3) is 0.278. The topological polar surface area (TPSA) is 38.3 Å². The van der Waals surface area contributed by atoms with Crippen molar-refractivity contribution in [1.29, 1.82) is 0 Å². The molecule has 2 bridgehead atoms. The second-order valence-electron chi connectivity index (χ2n) is 6.28. The number of ether oxygens (including phenoxy) is 1. The van der Waals surface area contributed by atoms with Gasteiger partial charge in [-0.2, -0.15) is 0 Å². The first-order chi connectivity index (χ1) is 10.2.